The fourth-order valence-electron chi connectivity index (χ4n) is 1.11. The van der Waals surface area contributed by atoms with Gasteiger partial charge < -0.3 is 5.32 Å². The number of rotatable bonds is 5. The number of nitrogens with one attached hydrogen (secondary N) is 1. The molecule has 0 saturated heterocycles. The van der Waals surface area contributed by atoms with Gasteiger partial charge in [-0.05, 0) is 30.7 Å². The first-order valence-electron chi connectivity index (χ1n) is 4.53. The van der Waals surface area contributed by atoms with Crippen LogP contribution in [0.1, 0.15) is 5.56 Å². The minimum absolute atomic E-state index is 0.188. The van der Waals surface area contributed by atoms with E-state index < -0.39 is 0 Å². The van der Waals surface area contributed by atoms with Crippen molar-refractivity contribution in [2.24, 2.45) is 0 Å². The molecule has 0 aliphatic carbocycles. The van der Waals surface area contributed by atoms with Gasteiger partial charge in [-0.3, -0.25) is 0 Å². The highest BCUT2D eigenvalue weighted by atomic mass is 35.5. The average Bonchev–Trinajstić information content (AvgIpc) is 2.21. The maximum atomic E-state index is 12.5. The Morgan fingerprint density at radius 1 is 1.29 bits per heavy atom. The minimum Gasteiger partial charge on any atom is -0.313 e. The first kappa shape index (κ1) is 11.2. The molecule has 3 heteroatoms. The van der Waals surface area contributed by atoms with Crippen molar-refractivity contribution in [2.75, 3.05) is 13.1 Å². The van der Waals surface area contributed by atoms with Crippen LogP contribution in [0.4, 0.5) is 4.39 Å². The molecule has 0 bridgehead atoms. The van der Waals surface area contributed by atoms with Crippen molar-refractivity contribution in [1.82, 2.24) is 5.32 Å². The van der Waals surface area contributed by atoms with E-state index in [0.29, 0.717) is 0 Å². The van der Waals surface area contributed by atoms with Crippen LogP contribution in [0, 0.1) is 5.82 Å². The molecule has 1 N–H and O–H groups in total. The number of benzene rings is 1. The van der Waals surface area contributed by atoms with E-state index in [9.17, 15) is 4.39 Å². The van der Waals surface area contributed by atoms with Crippen LogP contribution in [-0.2, 0) is 6.42 Å². The predicted molar refractivity (Wildman–Crippen MR) is 58.0 cm³/mol. The second kappa shape index (κ2) is 6.57. The smallest absolute Gasteiger partial charge is 0.123 e. The zero-order valence-electron chi connectivity index (χ0n) is 7.84. The summed E-state index contributed by atoms with van der Waals surface area (Å²) >= 11 is 5.35. The number of hydrogen-bond donors (Lipinski definition) is 1. The molecule has 0 heterocycles. The van der Waals surface area contributed by atoms with E-state index in [-0.39, 0.29) is 5.82 Å². The van der Waals surface area contributed by atoms with Crippen LogP contribution in [0.15, 0.2) is 35.9 Å². The Labute approximate surface area is 88.6 Å². The van der Waals surface area contributed by atoms with Gasteiger partial charge in [0.05, 0.1) is 0 Å². The van der Waals surface area contributed by atoms with Gasteiger partial charge in [0.25, 0.3) is 0 Å². The van der Waals surface area contributed by atoms with Gasteiger partial charge in [0.1, 0.15) is 5.82 Å². The van der Waals surface area contributed by atoms with Crippen LogP contribution in [0.25, 0.3) is 0 Å². The summed E-state index contributed by atoms with van der Waals surface area (Å²) in [6, 6.07) is 6.56. The van der Waals surface area contributed by atoms with Crippen molar-refractivity contribution in [3.63, 3.8) is 0 Å². The fourth-order valence-corrected chi connectivity index (χ4v) is 1.20. The SMILES string of the molecule is Fc1ccc(CCNC/C=C/Cl)cc1. The standard InChI is InChI=1S/C11H13ClFN/c12-7-1-8-14-9-6-10-2-4-11(13)5-3-10/h1-5,7,14H,6,8-9H2/b7-1+. The topological polar surface area (TPSA) is 12.0 Å². The molecule has 0 radical (unpaired) electrons. The highest BCUT2D eigenvalue weighted by molar-refractivity contribution is 6.25. The normalized spacial score (nSPS) is 11.0. The molecular formula is C11H13ClFN. The van der Waals surface area contributed by atoms with Gasteiger partial charge in [0, 0.05) is 12.1 Å². The van der Waals surface area contributed by atoms with E-state index in [4.69, 9.17) is 11.6 Å². The molecule has 1 rings (SSSR count). The molecule has 0 aliphatic heterocycles. The number of hydrogen-bond acceptors (Lipinski definition) is 1. The van der Waals surface area contributed by atoms with E-state index in [0.717, 1.165) is 25.1 Å². The lowest BCUT2D eigenvalue weighted by Gasteiger charge is -2.01. The van der Waals surface area contributed by atoms with Crippen molar-refractivity contribution < 1.29 is 4.39 Å². The van der Waals surface area contributed by atoms with E-state index >= 15 is 0 Å². The van der Waals surface area contributed by atoms with Crippen molar-refractivity contribution in [3.05, 3.63) is 47.3 Å². The quantitative estimate of drug-likeness (QED) is 0.742. The molecule has 14 heavy (non-hydrogen) atoms. The van der Waals surface area contributed by atoms with Crippen LogP contribution < -0.4 is 5.32 Å². The van der Waals surface area contributed by atoms with Gasteiger partial charge in [0.2, 0.25) is 0 Å². The largest absolute Gasteiger partial charge is 0.313 e. The molecule has 0 fully saturated rings. The molecule has 1 aromatic rings. The lowest BCUT2D eigenvalue weighted by Crippen LogP contribution is -2.16. The summed E-state index contributed by atoms with van der Waals surface area (Å²) in [4.78, 5) is 0. The Balaban J connectivity index is 2.21. The summed E-state index contributed by atoms with van der Waals surface area (Å²) in [5.41, 5.74) is 2.62. The van der Waals surface area contributed by atoms with Gasteiger partial charge in [0.15, 0.2) is 0 Å². The molecule has 0 aromatic heterocycles. The molecule has 76 valence electrons. The van der Waals surface area contributed by atoms with Gasteiger partial charge >= 0.3 is 0 Å². The third-order valence-electron chi connectivity index (χ3n) is 1.85. The average molecular weight is 214 g/mol. The van der Waals surface area contributed by atoms with Gasteiger partial charge in [-0.15, -0.1) is 0 Å². The van der Waals surface area contributed by atoms with Gasteiger partial charge in [-0.2, -0.15) is 0 Å². The fraction of sp³-hybridized carbons (Fsp3) is 0.273. The lowest BCUT2D eigenvalue weighted by molar-refractivity contribution is 0.626. The van der Waals surface area contributed by atoms with Gasteiger partial charge in [-0.1, -0.05) is 29.8 Å². The van der Waals surface area contributed by atoms with Crippen molar-refractivity contribution in [1.29, 1.82) is 0 Å². The zero-order valence-corrected chi connectivity index (χ0v) is 8.60. The maximum absolute atomic E-state index is 12.5. The monoisotopic (exact) mass is 213 g/mol. The van der Waals surface area contributed by atoms with Crippen LogP contribution in [0.3, 0.4) is 0 Å². The molecule has 0 saturated carbocycles. The molecule has 0 atom stereocenters. The Hall–Kier alpha value is -0.860. The van der Waals surface area contributed by atoms with E-state index in [1.54, 1.807) is 12.1 Å². The van der Waals surface area contributed by atoms with Gasteiger partial charge in [-0.25, -0.2) is 4.39 Å². The summed E-state index contributed by atoms with van der Waals surface area (Å²) in [7, 11) is 0. The van der Waals surface area contributed by atoms with Crippen molar-refractivity contribution in [2.45, 2.75) is 6.42 Å². The molecule has 0 amide bonds. The van der Waals surface area contributed by atoms with Crippen LogP contribution in [-0.4, -0.2) is 13.1 Å². The molecule has 0 unspecified atom stereocenters. The summed E-state index contributed by atoms with van der Waals surface area (Å²) in [5, 5.41) is 3.18. The number of halogens is 2. The van der Waals surface area contributed by atoms with Crippen molar-refractivity contribution >= 4 is 11.6 Å². The van der Waals surface area contributed by atoms with Crippen LogP contribution >= 0.6 is 11.6 Å². The first-order valence-corrected chi connectivity index (χ1v) is 4.97. The third kappa shape index (κ3) is 4.40. The zero-order chi connectivity index (χ0) is 10.2. The second-order valence-corrected chi connectivity index (χ2v) is 3.19. The molecule has 1 nitrogen and oxygen atoms in total. The van der Waals surface area contributed by atoms with E-state index in [1.807, 2.05) is 6.08 Å². The molecule has 0 spiro atoms. The Kier molecular flexibility index (Phi) is 5.27. The Morgan fingerprint density at radius 3 is 2.64 bits per heavy atom. The Bertz CT molecular complexity index is 282. The predicted octanol–water partition coefficient (Wildman–Crippen LogP) is 2.71. The van der Waals surface area contributed by atoms with E-state index in [2.05, 4.69) is 5.32 Å². The molecule has 1 aromatic carbocycles. The molecular weight excluding hydrogens is 201 g/mol. The molecule has 0 aliphatic rings. The van der Waals surface area contributed by atoms with E-state index in [1.165, 1.54) is 17.7 Å². The summed E-state index contributed by atoms with van der Waals surface area (Å²) in [6.07, 6.45) is 2.74. The summed E-state index contributed by atoms with van der Waals surface area (Å²) < 4.78 is 12.5. The Morgan fingerprint density at radius 2 is 2.00 bits per heavy atom. The minimum atomic E-state index is -0.188. The highest BCUT2D eigenvalue weighted by Crippen LogP contribution is 2.02. The first-order chi connectivity index (χ1) is 6.83. The highest BCUT2D eigenvalue weighted by Gasteiger charge is 1.92. The summed E-state index contributed by atoms with van der Waals surface area (Å²) in [6.45, 7) is 1.64. The maximum Gasteiger partial charge on any atom is 0.123 e. The summed E-state index contributed by atoms with van der Waals surface area (Å²) in [5.74, 6) is -0.188. The lowest BCUT2D eigenvalue weighted by atomic mass is 10.1. The van der Waals surface area contributed by atoms with Crippen molar-refractivity contribution in [3.8, 4) is 0 Å². The third-order valence-corrected chi connectivity index (χ3v) is 2.03. The van der Waals surface area contributed by atoms with Crippen LogP contribution in [0.5, 0.6) is 0 Å². The van der Waals surface area contributed by atoms with Crippen LogP contribution in [0.2, 0.25) is 0 Å². The second-order valence-electron chi connectivity index (χ2n) is 2.94.